The predicted octanol–water partition coefficient (Wildman–Crippen LogP) is 4.08. The smallest absolute Gasteiger partial charge is 0.252 e. The van der Waals surface area contributed by atoms with Gasteiger partial charge in [-0.1, -0.05) is 37.3 Å². The van der Waals surface area contributed by atoms with Gasteiger partial charge in [0.05, 0.1) is 17.8 Å². The molecule has 6 rings (SSSR count). The Hall–Kier alpha value is -4.44. The summed E-state index contributed by atoms with van der Waals surface area (Å²) in [5.41, 5.74) is 2.35. The molecule has 0 amide bonds. The van der Waals surface area contributed by atoms with Crippen molar-refractivity contribution in [1.29, 1.82) is 0 Å². The van der Waals surface area contributed by atoms with Crippen molar-refractivity contribution in [3.05, 3.63) is 100.0 Å². The molecule has 194 valence electrons. The van der Waals surface area contributed by atoms with E-state index in [2.05, 4.69) is 44.5 Å². The highest BCUT2D eigenvalue weighted by molar-refractivity contribution is 5.83. The maximum absolute atomic E-state index is 13.3. The molecule has 10 nitrogen and oxygen atoms in total. The minimum atomic E-state index is -0.143. The van der Waals surface area contributed by atoms with Gasteiger partial charge in [-0.25, -0.2) is 4.68 Å². The summed E-state index contributed by atoms with van der Waals surface area (Å²) in [6.45, 7) is 4.54. The first-order chi connectivity index (χ1) is 18.7. The van der Waals surface area contributed by atoms with Crippen LogP contribution in [0.3, 0.4) is 0 Å². The Morgan fingerprint density at radius 3 is 2.61 bits per heavy atom. The molecule has 0 saturated carbocycles. The summed E-state index contributed by atoms with van der Waals surface area (Å²) < 4.78 is 18.7. The molecule has 0 fully saturated rings. The number of pyridine rings is 1. The second kappa shape index (κ2) is 10.5. The van der Waals surface area contributed by atoms with Crippen LogP contribution in [-0.2, 0) is 19.6 Å². The van der Waals surface area contributed by atoms with Gasteiger partial charge in [0, 0.05) is 30.1 Å². The second-order valence-electron chi connectivity index (χ2n) is 9.30. The highest BCUT2D eigenvalue weighted by Crippen LogP contribution is 2.34. The number of hydrogen-bond donors (Lipinski definition) is 1. The molecule has 0 spiro atoms. The third-order valence-electron chi connectivity index (χ3n) is 6.76. The van der Waals surface area contributed by atoms with E-state index in [0.29, 0.717) is 55.4 Å². The summed E-state index contributed by atoms with van der Waals surface area (Å²) in [4.78, 5) is 18.5. The molecule has 1 N–H and O–H groups in total. The predicted molar refractivity (Wildman–Crippen MR) is 140 cm³/mol. The van der Waals surface area contributed by atoms with Crippen molar-refractivity contribution in [2.45, 2.75) is 39.0 Å². The maximum atomic E-state index is 13.3. The molecule has 1 aliphatic rings. The third-order valence-corrected chi connectivity index (χ3v) is 6.76. The SMILES string of the molecule is CC[C@H](c1nnnn1Cc1ccco1)N(Cc1ccccc1)Cc1cc2cc3c(cc2[nH]c1=O)OCCO3. The summed E-state index contributed by atoms with van der Waals surface area (Å²) in [5.74, 6) is 2.82. The fourth-order valence-corrected chi connectivity index (χ4v) is 4.94. The Morgan fingerprint density at radius 2 is 1.84 bits per heavy atom. The molecule has 0 radical (unpaired) electrons. The monoisotopic (exact) mass is 512 g/mol. The summed E-state index contributed by atoms with van der Waals surface area (Å²) in [6, 6.07) is 19.5. The molecular formula is C28H28N6O4. The van der Waals surface area contributed by atoms with Crippen molar-refractivity contribution >= 4 is 10.9 Å². The zero-order chi connectivity index (χ0) is 25.9. The molecule has 2 aromatic carbocycles. The Bertz CT molecular complexity index is 1580. The van der Waals surface area contributed by atoms with E-state index in [4.69, 9.17) is 13.9 Å². The quantitative estimate of drug-likeness (QED) is 0.315. The van der Waals surface area contributed by atoms with Gasteiger partial charge in [0.25, 0.3) is 5.56 Å². The van der Waals surface area contributed by atoms with Crippen LogP contribution < -0.4 is 15.0 Å². The number of rotatable bonds is 9. The molecule has 38 heavy (non-hydrogen) atoms. The van der Waals surface area contributed by atoms with Crippen molar-refractivity contribution in [3.8, 4) is 11.5 Å². The number of furan rings is 1. The molecular weight excluding hydrogens is 484 g/mol. The van der Waals surface area contributed by atoms with Crippen molar-refractivity contribution in [3.63, 3.8) is 0 Å². The van der Waals surface area contributed by atoms with Gasteiger partial charge in [0.2, 0.25) is 0 Å². The number of aromatic nitrogens is 5. The first kappa shape index (κ1) is 23.9. The van der Waals surface area contributed by atoms with Gasteiger partial charge < -0.3 is 18.9 Å². The van der Waals surface area contributed by atoms with Crippen LogP contribution in [0.15, 0.2) is 76.1 Å². The van der Waals surface area contributed by atoms with E-state index < -0.39 is 0 Å². The lowest BCUT2D eigenvalue weighted by Crippen LogP contribution is -2.32. The Morgan fingerprint density at radius 1 is 1.03 bits per heavy atom. The Labute approximate surface area is 218 Å². The Balaban J connectivity index is 1.36. The number of aromatic amines is 1. The van der Waals surface area contributed by atoms with Gasteiger partial charge >= 0.3 is 0 Å². The number of fused-ring (bicyclic) bond motifs is 2. The topological polar surface area (TPSA) is 111 Å². The summed E-state index contributed by atoms with van der Waals surface area (Å²) in [5, 5.41) is 13.5. The molecule has 0 saturated heterocycles. The number of ether oxygens (including phenoxy) is 2. The van der Waals surface area contributed by atoms with Gasteiger partial charge in [0.15, 0.2) is 17.3 Å². The minimum Gasteiger partial charge on any atom is -0.486 e. The first-order valence-electron chi connectivity index (χ1n) is 12.7. The molecule has 0 aliphatic carbocycles. The average Bonchev–Trinajstić information content (AvgIpc) is 3.62. The maximum Gasteiger partial charge on any atom is 0.252 e. The molecule has 1 aliphatic heterocycles. The van der Waals surface area contributed by atoms with Crippen molar-refractivity contribution < 1.29 is 13.9 Å². The highest BCUT2D eigenvalue weighted by Gasteiger charge is 2.26. The highest BCUT2D eigenvalue weighted by atomic mass is 16.6. The van der Waals surface area contributed by atoms with Gasteiger partial charge in [-0.15, -0.1) is 5.10 Å². The molecule has 5 aromatic rings. The molecule has 0 bridgehead atoms. The second-order valence-corrected chi connectivity index (χ2v) is 9.30. The summed E-state index contributed by atoms with van der Waals surface area (Å²) >= 11 is 0. The number of benzene rings is 2. The van der Waals surface area contributed by atoms with Crippen molar-refractivity contribution in [2.75, 3.05) is 13.2 Å². The fourth-order valence-electron chi connectivity index (χ4n) is 4.94. The van der Waals surface area contributed by atoms with Crippen LogP contribution in [0.25, 0.3) is 10.9 Å². The van der Waals surface area contributed by atoms with Crippen LogP contribution in [0, 0.1) is 0 Å². The molecule has 4 heterocycles. The van der Waals surface area contributed by atoms with Crippen LogP contribution >= 0.6 is 0 Å². The van der Waals surface area contributed by atoms with Crippen LogP contribution in [0.1, 0.15) is 42.1 Å². The van der Waals surface area contributed by atoms with Crippen LogP contribution in [-0.4, -0.2) is 43.3 Å². The normalized spacial score (nSPS) is 13.7. The van der Waals surface area contributed by atoms with Crippen LogP contribution in [0.4, 0.5) is 0 Å². The van der Waals surface area contributed by atoms with E-state index >= 15 is 0 Å². The zero-order valence-corrected chi connectivity index (χ0v) is 21.0. The van der Waals surface area contributed by atoms with Gasteiger partial charge in [0.1, 0.15) is 25.5 Å². The number of tetrazole rings is 1. The number of hydrogen-bond acceptors (Lipinski definition) is 8. The van der Waals surface area contributed by atoms with Crippen molar-refractivity contribution in [1.82, 2.24) is 30.1 Å². The minimum absolute atomic E-state index is 0.141. The Kier molecular flexibility index (Phi) is 6.62. The van der Waals surface area contributed by atoms with E-state index in [1.54, 1.807) is 10.9 Å². The zero-order valence-electron chi connectivity index (χ0n) is 21.0. The number of nitrogens with zero attached hydrogens (tertiary/aromatic N) is 5. The first-order valence-corrected chi connectivity index (χ1v) is 12.7. The van der Waals surface area contributed by atoms with Crippen LogP contribution in [0.2, 0.25) is 0 Å². The van der Waals surface area contributed by atoms with E-state index in [1.165, 1.54) is 0 Å². The summed E-state index contributed by atoms with van der Waals surface area (Å²) in [6.07, 6.45) is 2.38. The molecule has 1 atom stereocenters. The molecule has 0 unspecified atom stereocenters. The van der Waals surface area contributed by atoms with Gasteiger partial charge in [-0.2, -0.15) is 0 Å². The fraction of sp³-hybridized carbons (Fsp3) is 0.286. The van der Waals surface area contributed by atoms with Gasteiger partial charge in [-0.3, -0.25) is 9.69 Å². The lowest BCUT2D eigenvalue weighted by Gasteiger charge is -2.30. The third kappa shape index (κ3) is 4.90. The van der Waals surface area contributed by atoms with Gasteiger partial charge in [-0.05, 0) is 46.7 Å². The van der Waals surface area contributed by atoms with Crippen LogP contribution in [0.5, 0.6) is 11.5 Å². The number of H-pyrrole nitrogens is 1. The van der Waals surface area contributed by atoms with Crippen molar-refractivity contribution in [2.24, 2.45) is 0 Å². The lowest BCUT2D eigenvalue weighted by molar-refractivity contribution is 0.161. The van der Waals surface area contributed by atoms with E-state index in [-0.39, 0.29) is 11.6 Å². The number of nitrogens with one attached hydrogen (secondary N) is 1. The van der Waals surface area contributed by atoms with E-state index in [1.807, 2.05) is 48.5 Å². The molecule has 3 aromatic heterocycles. The van der Waals surface area contributed by atoms with E-state index in [0.717, 1.165) is 29.0 Å². The lowest BCUT2D eigenvalue weighted by atomic mass is 10.1. The van der Waals surface area contributed by atoms with E-state index in [9.17, 15) is 4.79 Å². The summed E-state index contributed by atoms with van der Waals surface area (Å²) in [7, 11) is 0. The molecule has 10 heteroatoms. The standard InChI is InChI=1S/C28H28N6O4/c1-2-24(27-30-31-32-34(27)18-22-9-6-10-36-22)33(16-19-7-4-3-5-8-19)17-21-13-20-14-25-26(38-12-11-37-25)15-23(20)29-28(21)35/h3-10,13-15,24H,2,11-12,16-18H2,1H3,(H,29,35)/t24-/m1/s1. The average molecular weight is 513 g/mol. The largest absolute Gasteiger partial charge is 0.486 e.